The molecule has 1 aromatic heterocycles. The van der Waals surface area contributed by atoms with Crippen LogP contribution in [0.25, 0.3) is 0 Å². The fourth-order valence-corrected chi connectivity index (χ4v) is 2.91. The number of nitrogens with zero attached hydrogens (tertiary/aromatic N) is 3. The van der Waals surface area contributed by atoms with Gasteiger partial charge in [0.15, 0.2) is 0 Å². The average Bonchev–Trinajstić information content (AvgIpc) is 3.07. The molecular weight excluding hydrogens is 236 g/mol. The maximum Gasteiger partial charge on any atom is 0.0726 e. The van der Waals surface area contributed by atoms with Crippen LogP contribution in [0.4, 0.5) is 0 Å². The van der Waals surface area contributed by atoms with Crippen molar-refractivity contribution in [3.05, 3.63) is 17.5 Å². The first kappa shape index (κ1) is 14.5. The molecule has 4 nitrogen and oxygen atoms in total. The summed E-state index contributed by atoms with van der Waals surface area (Å²) in [6.07, 6.45) is 4.79. The van der Waals surface area contributed by atoms with Crippen LogP contribution in [0.3, 0.4) is 0 Å². The molecule has 1 heterocycles. The second-order valence-electron chi connectivity index (χ2n) is 6.67. The van der Waals surface area contributed by atoms with Gasteiger partial charge in [-0.1, -0.05) is 27.7 Å². The lowest BCUT2D eigenvalue weighted by atomic mass is 9.87. The highest BCUT2D eigenvalue weighted by Gasteiger charge is 2.36. The smallest absolute Gasteiger partial charge is 0.0726 e. The molecule has 1 aromatic rings. The molecule has 0 radical (unpaired) electrons. The molecule has 1 saturated carbocycles. The first-order valence-electron chi connectivity index (χ1n) is 7.38. The van der Waals surface area contributed by atoms with Crippen LogP contribution in [0.15, 0.2) is 6.20 Å². The second-order valence-corrected chi connectivity index (χ2v) is 6.67. The maximum atomic E-state index is 6.09. The van der Waals surface area contributed by atoms with E-state index in [0.717, 1.165) is 12.6 Å². The third-order valence-corrected chi connectivity index (χ3v) is 3.93. The van der Waals surface area contributed by atoms with Crippen molar-refractivity contribution in [2.75, 3.05) is 13.1 Å². The number of aromatic nitrogens is 2. The summed E-state index contributed by atoms with van der Waals surface area (Å²) >= 11 is 0. The van der Waals surface area contributed by atoms with E-state index >= 15 is 0 Å². The number of hydrogen-bond acceptors (Lipinski definition) is 3. The van der Waals surface area contributed by atoms with E-state index in [1.54, 1.807) is 0 Å². The molecule has 1 fully saturated rings. The first-order valence-corrected chi connectivity index (χ1v) is 7.38. The highest BCUT2D eigenvalue weighted by molar-refractivity contribution is 5.28. The third-order valence-electron chi connectivity index (χ3n) is 3.93. The zero-order valence-electron chi connectivity index (χ0n) is 13.0. The van der Waals surface area contributed by atoms with E-state index in [9.17, 15) is 0 Å². The molecule has 4 heteroatoms. The Morgan fingerprint density at radius 1 is 1.47 bits per heavy atom. The normalized spacial score (nSPS) is 18.1. The Bertz CT molecular complexity index is 426. The van der Waals surface area contributed by atoms with Crippen LogP contribution >= 0.6 is 0 Å². The molecule has 1 unspecified atom stereocenters. The minimum absolute atomic E-state index is 0.0625. The van der Waals surface area contributed by atoms with Crippen LogP contribution in [-0.2, 0) is 12.5 Å². The summed E-state index contributed by atoms with van der Waals surface area (Å²) < 4.78 is 1.93. The quantitative estimate of drug-likeness (QED) is 0.887. The predicted molar refractivity (Wildman–Crippen MR) is 79.1 cm³/mol. The average molecular weight is 264 g/mol. The standard InChI is InChI=1S/C15H28N4/c1-6-19(11-7-8-11)13(9-16)12-10-18(5)17-14(12)15(2,3)4/h10-11,13H,6-9,16H2,1-5H3. The van der Waals surface area contributed by atoms with Crippen molar-refractivity contribution in [2.24, 2.45) is 12.8 Å². The van der Waals surface area contributed by atoms with Crippen LogP contribution in [0.5, 0.6) is 0 Å². The molecule has 0 spiro atoms. The van der Waals surface area contributed by atoms with Crippen molar-refractivity contribution in [1.29, 1.82) is 0 Å². The van der Waals surface area contributed by atoms with Crippen molar-refractivity contribution in [3.8, 4) is 0 Å². The topological polar surface area (TPSA) is 47.1 Å². The van der Waals surface area contributed by atoms with Crippen LogP contribution in [0.2, 0.25) is 0 Å². The maximum absolute atomic E-state index is 6.09. The summed E-state index contributed by atoms with van der Waals surface area (Å²) in [5, 5.41) is 4.68. The van der Waals surface area contributed by atoms with Crippen molar-refractivity contribution >= 4 is 0 Å². The van der Waals surface area contributed by atoms with Gasteiger partial charge < -0.3 is 5.73 Å². The van der Waals surface area contributed by atoms with Crippen molar-refractivity contribution in [3.63, 3.8) is 0 Å². The molecule has 0 aromatic carbocycles. The van der Waals surface area contributed by atoms with Crippen molar-refractivity contribution in [2.45, 2.75) is 58.0 Å². The van der Waals surface area contributed by atoms with Gasteiger partial charge in [0, 0.05) is 36.8 Å². The number of hydrogen-bond donors (Lipinski definition) is 1. The molecule has 108 valence electrons. The van der Waals surface area contributed by atoms with E-state index in [2.05, 4.69) is 43.9 Å². The summed E-state index contributed by atoms with van der Waals surface area (Å²) in [5.41, 5.74) is 8.65. The Hall–Kier alpha value is -0.870. The summed E-state index contributed by atoms with van der Waals surface area (Å²) in [6.45, 7) is 10.6. The highest BCUT2D eigenvalue weighted by atomic mass is 15.3. The molecule has 1 aliphatic rings. The fraction of sp³-hybridized carbons (Fsp3) is 0.800. The predicted octanol–water partition coefficient (Wildman–Crippen LogP) is 2.20. The summed E-state index contributed by atoms with van der Waals surface area (Å²) in [7, 11) is 2.00. The Balaban J connectivity index is 2.37. The molecule has 2 rings (SSSR count). The van der Waals surface area contributed by atoms with Crippen molar-refractivity contribution in [1.82, 2.24) is 14.7 Å². The van der Waals surface area contributed by atoms with Gasteiger partial charge >= 0.3 is 0 Å². The fourth-order valence-electron chi connectivity index (χ4n) is 2.91. The molecule has 19 heavy (non-hydrogen) atoms. The largest absolute Gasteiger partial charge is 0.329 e. The van der Waals surface area contributed by atoms with Crippen LogP contribution in [-0.4, -0.2) is 33.8 Å². The Labute approximate surface area is 117 Å². The monoisotopic (exact) mass is 264 g/mol. The minimum atomic E-state index is 0.0625. The first-order chi connectivity index (χ1) is 8.88. The van der Waals surface area contributed by atoms with E-state index in [0.29, 0.717) is 12.6 Å². The summed E-state index contributed by atoms with van der Waals surface area (Å²) in [6, 6.07) is 1.03. The molecule has 0 aliphatic heterocycles. The Kier molecular flexibility index (Phi) is 4.02. The minimum Gasteiger partial charge on any atom is -0.329 e. The number of aryl methyl sites for hydroxylation is 1. The summed E-state index contributed by atoms with van der Waals surface area (Å²) in [4.78, 5) is 2.55. The lowest BCUT2D eigenvalue weighted by Crippen LogP contribution is -2.36. The number of rotatable bonds is 5. The number of nitrogens with two attached hydrogens (primary N) is 1. The van der Waals surface area contributed by atoms with E-state index < -0.39 is 0 Å². The van der Waals surface area contributed by atoms with Gasteiger partial charge in [0.25, 0.3) is 0 Å². The van der Waals surface area contributed by atoms with Crippen molar-refractivity contribution < 1.29 is 0 Å². The van der Waals surface area contributed by atoms with Gasteiger partial charge in [-0.05, 0) is 19.4 Å². The molecular formula is C15H28N4. The molecule has 0 bridgehead atoms. The highest BCUT2D eigenvalue weighted by Crippen LogP contribution is 2.37. The molecule has 0 saturated heterocycles. The Morgan fingerprint density at radius 2 is 2.11 bits per heavy atom. The SMILES string of the molecule is CCN(C1CC1)C(CN)c1cn(C)nc1C(C)(C)C. The molecule has 1 atom stereocenters. The molecule has 0 amide bonds. The van der Waals surface area contributed by atoms with Gasteiger partial charge in [0.05, 0.1) is 11.7 Å². The van der Waals surface area contributed by atoms with Gasteiger partial charge in [0.1, 0.15) is 0 Å². The summed E-state index contributed by atoms with van der Waals surface area (Å²) in [5.74, 6) is 0. The zero-order valence-corrected chi connectivity index (χ0v) is 13.0. The molecule has 1 aliphatic carbocycles. The Morgan fingerprint density at radius 3 is 2.53 bits per heavy atom. The van der Waals surface area contributed by atoms with Crippen LogP contribution in [0, 0.1) is 0 Å². The lowest BCUT2D eigenvalue weighted by Gasteiger charge is -2.31. The van der Waals surface area contributed by atoms with Crippen LogP contribution < -0.4 is 5.73 Å². The van der Waals surface area contributed by atoms with E-state index in [4.69, 9.17) is 5.73 Å². The second kappa shape index (κ2) is 5.25. The van der Waals surface area contributed by atoms with Gasteiger partial charge in [-0.25, -0.2) is 0 Å². The lowest BCUT2D eigenvalue weighted by molar-refractivity contribution is 0.200. The van der Waals surface area contributed by atoms with Gasteiger partial charge in [-0.2, -0.15) is 5.10 Å². The van der Waals surface area contributed by atoms with Gasteiger partial charge in [0.2, 0.25) is 0 Å². The van der Waals surface area contributed by atoms with Gasteiger partial charge in [-0.15, -0.1) is 0 Å². The number of likely N-dealkylation sites (N-methyl/N-ethyl adjacent to an activating group) is 1. The van der Waals surface area contributed by atoms with E-state index in [1.807, 2.05) is 11.7 Å². The van der Waals surface area contributed by atoms with E-state index in [-0.39, 0.29) is 5.41 Å². The third kappa shape index (κ3) is 3.00. The zero-order chi connectivity index (χ0) is 14.2. The van der Waals surface area contributed by atoms with Gasteiger partial charge in [-0.3, -0.25) is 9.58 Å². The van der Waals surface area contributed by atoms with Crippen LogP contribution in [0.1, 0.15) is 57.8 Å². The molecule has 2 N–H and O–H groups in total. The van der Waals surface area contributed by atoms with E-state index in [1.165, 1.54) is 24.1 Å².